The van der Waals surface area contributed by atoms with Crippen molar-refractivity contribution >= 4 is 0 Å². The highest BCUT2D eigenvalue weighted by Gasteiger charge is 2.40. The summed E-state index contributed by atoms with van der Waals surface area (Å²) in [6.07, 6.45) is 8.56. The zero-order valence-electron chi connectivity index (χ0n) is 9.84. The van der Waals surface area contributed by atoms with Gasteiger partial charge in [0.1, 0.15) is 0 Å². The summed E-state index contributed by atoms with van der Waals surface area (Å²) in [6.45, 7) is 3.63. The van der Waals surface area contributed by atoms with Gasteiger partial charge in [-0.05, 0) is 50.5 Å². The van der Waals surface area contributed by atoms with Gasteiger partial charge in [-0.1, -0.05) is 13.3 Å². The van der Waals surface area contributed by atoms with Crippen LogP contribution in [-0.2, 0) is 0 Å². The van der Waals surface area contributed by atoms with Crippen LogP contribution in [0.5, 0.6) is 0 Å². The van der Waals surface area contributed by atoms with Crippen LogP contribution in [0.2, 0.25) is 0 Å². The lowest BCUT2D eigenvalue weighted by Gasteiger charge is -2.26. The van der Waals surface area contributed by atoms with Crippen LogP contribution in [0, 0.1) is 11.8 Å². The van der Waals surface area contributed by atoms with Crippen molar-refractivity contribution in [2.45, 2.75) is 63.6 Å². The summed E-state index contributed by atoms with van der Waals surface area (Å²) in [5.41, 5.74) is 0. The molecule has 86 valence electrons. The molecular formula is C13H24N2. The van der Waals surface area contributed by atoms with Gasteiger partial charge in [0.05, 0.1) is 0 Å². The molecule has 5 unspecified atom stereocenters. The topological polar surface area (TPSA) is 24.1 Å². The second kappa shape index (κ2) is 4.06. The molecule has 0 radical (unpaired) electrons. The monoisotopic (exact) mass is 208 g/mol. The van der Waals surface area contributed by atoms with Crippen LogP contribution in [0.15, 0.2) is 0 Å². The highest BCUT2D eigenvalue weighted by atomic mass is 15.0. The van der Waals surface area contributed by atoms with E-state index in [1.165, 1.54) is 45.1 Å². The Bertz CT molecular complexity index is 223. The van der Waals surface area contributed by atoms with Crippen LogP contribution in [0.25, 0.3) is 0 Å². The molecule has 2 N–H and O–H groups in total. The number of hydrogen-bond acceptors (Lipinski definition) is 2. The first kappa shape index (κ1) is 10.1. The normalized spacial score (nSPS) is 49.8. The van der Waals surface area contributed by atoms with E-state index >= 15 is 0 Å². The lowest BCUT2D eigenvalue weighted by Crippen LogP contribution is -2.43. The van der Waals surface area contributed by atoms with Gasteiger partial charge in [0.15, 0.2) is 0 Å². The summed E-state index contributed by atoms with van der Waals surface area (Å²) < 4.78 is 0. The van der Waals surface area contributed by atoms with Crippen LogP contribution >= 0.6 is 0 Å². The molecule has 1 saturated heterocycles. The van der Waals surface area contributed by atoms with Crippen molar-refractivity contribution < 1.29 is 0 Å². The highest BCUT2D eigenvalue weighted by molar-refractivity contribution is 4.98. The van der Waals surface area contributed by atoms with Gasteiger partial charge in [0.25, 0.3) is 0 Å². The number of rotatable bonds is 3. The van der Waals surface area contributed by atoms with Crippen LogP contribution in [0.4, 0.5) is 0 Å². The molecule has 0 aromatic heterocycles. The largest absolute Gasteiger partial charge is 0.314 e. The van der Waals surface area contributed by atoms with Crippen molar-refractivity contribution in [3.8, 4) is 0 Å². The Labute approximate surface area is 93.2 Å². The first-order valence-electron chi connectivity index (χ1n) is 6.84. The van der Waals surface area contributed by atoms with Crippen LogP contribution in [-0.4, -0.2) is 24.7 Å². The molecule has 1 heterocycles. The standard InChI is InChI=1S/C13H24N2/c1-9-8-13(9)15-12-5-2-4-10(12)11-6-3-7-14-11/h9-15H,2-8H2,1H3. The molecule has 2 aliphatic carbocycles. The van der Waals surface area contributed by atoms with E-state index in [1.54, 1.807) is 0 Å². The maximum Gasteiger partial charge on any atom is 0.0113 e. The Hall–Kier alpha value is -0.0800. The molecule has 5 atom stereocenters. The summed E-state index contributed by atoms with van der Waals surface area (Å²) >= 11 is 0. The van der Waals surface area contributed by atoms with Crippen molar-refractivity contribution in [1.29, 1.82) is 0 Å². The van der Waals surface area contributed by atoms with E-state index in [0.29, 0.717) is 0 Å². The molecule has 0 spiro atoms. The zero-order valence-corrected chi connectivity index (χ0v) is 9.84. The number of hydrogen-bond donors (Lipinski definition) is 2. The molecular weight excluding hydrogens is 184 g/mol. The van der Waals surface area contributed by atoms with Gasteiger partial charge in [-0.3, -0.25) is 0 Å². The van der Waals surface area contributed by atoms with E-state index in [1.807, 2.05) is 0 Å². The van der Waals surface area contributed by atoms with Gasteiger partial charge in [-0.25, -0.2) is 0 Å². The minimum absolute atomic E-state index is 0.829. The highest BCUT2D eigenvalue weighted by Crippen LogP contribution is 2.36. The minimum Gasteiger partial charge on any atom is -0.314 e. The van der Waals surface area contributed by atoms with Crippen LogP contribution in [0.3, 0.4) is 0 Å². The predicted molar refractivity (Wildman–Crippen MR) is 62.9 cm³/mol. The van der Waals surface area contributed by atoms with Gasteiger partial charge in [0, 0.05) is 18.1 Å². The maximum absolute atomic E-state index is 3.89. The molecule has 0 aromatic carbocycles. The molecule has 2 saturated carbocycles. The Balaban J connectivity index is 1.56. The first-order valence-corrected chi connectivity index (χ1v) is 6.84. The van der Waals surface area contributed by atoms with Crippen LogP contribution in [0.1, 0.15) is 45.4 Å². The molecule has 0 aromatic rings. The quantitative estimate of drug-likeness (QED) is 0.740. The molecule has 0 bridgehead atoms. The second-order valence-electron chi connectivity index (χ2n) is 5.89. The Morgan fingerprint density at radius 1 is 1.07 bits per heavy atom. The average Bonchev–Trinajstić information content (AvgIpc) is 2.72. The number of nitrogens with one attached hydrogen (secondary N) is 2. The minimum atomic E-state index is 0.829. The van der Waals surface area contributed by atoms with E-state index in [9.17, 15) is 0 Å². The van der Waals surface area contributed by atoms with Crippen molar-refractivity contribution in [2.24, 2.45) is 11.8 Å². The molecule has 1 aliphatic heterocycles. The molecule has 3 rings (SSSR count). The van der Waals surface area contributed by atoms with Crippen molar-refractivity contribution in [3.63, 3.8) is 0 Å². The third kappa shape index (κ3) is 2.07. The Morgan fingerprint density at radius 2 is 1.93 bits per heavy atom. The predicted octanol–water partition coefficient (Wildman–Crippen LogP) is 1.91. The molecule has 0 amide bonds. The van der Waals surface area contributed by atoms with Gasteiger partial charge >= 0.3 is 0 Å². The molecule has 2 heteroatoms. The summed E-state index contributed by atoms with van der Waals surface area (Å²) in [6, 6.07) is 2.52. The van der Waals surface area contributed by atoms with Gasteiger partial charge < -0.3 is 10.6 Å². The molecule has 15 heavy (non-hydrogen) atoms. The van der Waals surface area contributed by atoms with Crippen LogP contribution < -0.4 is 10.6 Å². The summed E-state index contributed by atoms with van der Waals surface area (Å²) in [5, 5.41) is 7.58. The zero-order chi connectivity index (χ0) is 10.3. The lowest BCUT2D eigenvalue weighted by atomic mass is 9.93. The Kier molecular flexibility index (Phi) is 2.73. The smallest absolute Gasteiger partial charge is 0.0113 e. The molecule has 3 aliphatic rings. The van der Waals surface area contributed by atoms with E-state index in [2.05, 4.69) is 17.6 Å². The SMILES string of the molecule is CC1CC1NC1CCCC1C1CCCN1. The van der Waals surface area contributed by atoms with Gasteiger partial charge in [-0.15, -0.1) is 0 Å². The summed E-state index contributed by atoms with van der Waals surface area (Å²) in [7, 11) is 0. The van der Waals surface area contributed by atoms with Gasteiger partial charge in [-0.2, -0.15) is 0 Å². The fraction of sp³-hybridized carbons (Fsp3) is 1.00. The summed E-state index contributed by atoms with van der Waals surface area (Å²) in [5.74, 6) is 1.88. The van der Waals surface area contributed by atoms with E-state index in [4.69, 9.17) is 0 Å². The fourth-order valence-corrected chi connectivity index (χ4v) is 3.58. The Morgan fingerprint density at radius 3 is 2.60 bits per heavy atom. The summed E-state index contributed by atoms with van der Waals surface area (Å²) in [4.78, 5) is 0. The fourth-order valence-electron chi connectivity index (χ4n) is 3.58. The van der Waals surface area contributed by atoms with E-state index in [0.717, 1.165) is 30.0 Å². The van der Waals surface area contributed by atoms with Crippen molar-refractivity contribution in [3.05, 3.63) is 0 Å². The first-order chi connectivity index (χ1) is 7.34. The third-order valence-electron chi connectivity index (χ3n) is 4.72. The van der Waals surface area contributed by atoms with Gasteiger partial charge in [0.2, 0.25) is 0 Å². The van der Waals surface area contributed by atoms with Crippen molar-refractivity contribution in [1.82, 2.24) is 10.6 Å². The third-order valence-corrected chi connectivity index (χ3v) is 4.72. The second-order valence-corrected chi connectivity index (χ2v) is 5.89. The van der Waals surface area contributed by atoms with E-state index < -0.39 is 0 Å². The molecule has 2 nitrogen and oxygen atoms in total. The molecule has 3 fully saturated rings. The maximum atomic E-state index is 3.89. The van der Waals surface area contributed by atoms with Crippen molar-refractivity contribution in [2.75, 3.05) is 6.54 Å². The average molecular weight is 208 g/mol. The lowest BCUT2D eigenvalue weighted by molar-refractivity contribution is 0.316. The van der Waals surface area contributed by atoms with E-state index in [-0.39, 0.29) is 0 Å².